The highest BCUT2D eigenvalue weighted by Gasteiger charge is 2.37. The van der Waals surface area contributed by atoms with Crippen molar-refractivity contribution in [3.63, 3.8) is 0 Å². The van der Waals surface area contributed by atoms with E-state index in [4.69, 9.17) is 4.74 Å². The number of aromatic hydroxyl groups is 1. The number of benzene rings is 2. The molecule has 1 aliphatic rings. The summed E-state index contributed by atoms with van der Waals surface area (Å²) in [6.07, 6.45) is -4.35. The van der Waals surface area contributed by atoms with Crippen LogP contribution in [0.5, 0.6) is 11.5 Å². The lowest BCUT2D eigenvalue weighted by atomic mass is 10.1. The smallest absolute Gasteiger partial charge is 0.401 e. The van der Waals surface area contributed by atoms with Crippen molar-refractivity contribution in [1.82, 2.24) is 10.0 Å². The molecule has 1 saturated heterocycles. The molecule has 2 aromatic rings. The molecule has 0 unspecified atom stereocenters. The van der Waals surface area contributed by atoms with E-state index in [9.17, 15) is 31.5 Å². The topological polar surface area (TPSA) is 108 Å². The molecule has 1 fully saturated rings. The SMILES string of the molecule is O=C1CN(c2c(O)cc3ccc(OCCNCC(F)(F)F)cc3c2F)S(=O)(=O)N1. The zero-order valence-corrected chi connectivity index (χ0v) is 15.4. The molecule has 0 radical (unpaired) electrons. The fraction of sp³-hybridized carbons (Fsp3) is 0.312. The highest BCUT2D eigenvalue weighted by molar-refractivity contribution is 7.92. The number of anilines is 1. The van der Waals surface area contributed by atoms with Crippen molar-refractivity contribution in [2.75, 3.05) is 30.5 Å². The second kappa shape index (κ2) is 7.55. The fourth-order valence-electron chi connectivity index (χ4n) is 2.75. The Morgan fingerprint density at radius 2 is 2.00 bits per heavy atom. The van der Waals surface area contributed by atoms with Crippen LogP contribution in [0.2, 0.25) is 0 Å². The van der Waals surface area contributed by atoms with Gasteiger partial charge in [-0.3, -0.25) is 4.79 Å². The standard InChI is InChI=1S/C16H15F4N3O5S/c17-14-11-6-10(28-4-3-21-8-16(18,19)20)2-1-9(11)5-12(24)15(14)23-7-13(25)22-29(23,26)27/h1-2,5-6,21,24H,3-4,7-8H2,(H,22,25). The molecule has 3 N–H and O–H groups in total. The van der Waals surface area contributed by atoms with Crippen molar-refractivity contribution < 1.29 is 40.6 Å². The summed E-state index contributed by atoms with van der Waals surface area (Å²) in [4.78, 5) is 11.4. The maximum absolute atomic E-state index is 15.0. The minimum Gasteiger partial charge on any atom is -0.506 e. The van der Waals surface area contributed by atoms with Crippen molar-refractivity contribution in [3.8, 4) is 11.5 Å². The maximum atomic E-state index is 15.0. The summed E-state index contributed by atoms with van der Waals surface area (Å²) < 4.78 is 82.5. The minimum absolute atomic E-state index is 0.104. The molecule has 1 heterocycles. The Bertz CT molecular complexity index is 1060. The molecular weight excluding hydrogens is 422 g/mol. The molecule has 8 nitrogen and oxygen atoms in total. The number of carbonyl (C=O) groups excluding carboxylic acids is 1. The van der Waals surface area contributed by atoms with Crippen molar-refractivity contribution in [3.05, 3.63) is 30.1 Å². The van der Waals surface area contributed by atoms with Crippen LogP contribution in [-0.2, 0) is 15.0 Å². The van der Waals surface area contributed by atoms with Gasteiger partial charge in [-0.2, -0.15) is 21.6 Å². The third kappa shape index (κ3) is 4.62. The van der Waals surface area contributed by atoms with Crippen LogP contribution in [0, 0.1) is 5.82 Å². The quantitative estimate of drug-likeness (QED) is 0.466. The molecule has 13 heteroatoms. The van der Waals surface area contributed by atoms with Gasteiger partial charge in [-0.1, -0.05) is 6.07 Å². The monoisotopic (exact) mass is 437 g/mol. The van der Waals surface area contributed by atoms with E-state index in [1.807, 2.05) is 0 Å². The number of phenolic OH excluding ortho intramolecular Hbond substituents is 1. The van der Waals surface area contributed by atoms with Gasteiger partial charge in [0.25, 0.3) is 5.91 Å². The summed E-state index contributed by atoms with van der Waals surface area (Å²) in [5.74, 6) is -2.53. The summed E-state index contributed by atoms with van der Waals surface area (Å²) in [5, 5.41) is 12.3. The molecule has 0 bridgehead atoms. The average molecular weight is 437 g/mol. The fourth-order valence-corrected chi connectivity index (χ4v) is 3.91. The van der Waals surface area contributed by atoms with Crippen LogP contribution < -0.4 is 19.1 Å². The number of carbonyl (C=O) groups is 1. The Morgan fingerprint density at radius 1 is 1.28 bits per heavy atom. The maximum Gasteiger partial charge on any atom is 0.401 e. The zero-order valence-electron chi connectivity index (χ0n) is 14.6. The van der Waals surface area contributed by atoms with Gasteiger partial charge in [0.05, 0.1) is 6.54 Å². The summed E-state index contributed by atoms with van der Waals surface area (Å²) in [6, 6.07) is 5.15. The Kier molecular flexibility index (Phi) is 5.45. The molecule has 0 spiro atoms. The third-order valence-electron chi connectivity index (χ3n) is 3.95. The van der Waals surface area contributed by atoms with E-state index < -0.39 is 52.6 Å². The van der Waals surface area contributed by atoms with Crippen molar-refractivity contribution >= 4 is 32.6 Å². The van der Waals surface area contributed by atoms with E-state index >= 15 is 4.39 Å². The molecule has 2 aromatic carbocycles. The highest BCUT2D eigenvalue weighted by atomic mass is 32.2. The molecular formula is C16H15F4N3O5S. The van der Waals surface area contributed by atoms with Gasteiger partial charge >= 0.3 is 16.4 Å². The van der Waals surface area contributed by atoms with Gasteiger partial charge in [-0.05, 0) is 23.6 Å². The minimum atomic E-state index is -4.35. The summed E-state index contributed by atoms with van der Waals surface area (Å²) in [5.41, 5.74) is -0.695. The molecule has 158 valence electrons. The largest absolute Gasteiger partial charge is 0.506 e. The number of nitrogens with one attached hydrogen (secondary N) is 2. The summed E-state index contributed by atoms with van der Waals surface area (Å²) in [6.45, 7) is -2.12. The second-order valence-electron chi connectivity index (χ2n) is 6.12. The average Bonchev–Trinajstić information content (AvgIpc) is 2.86. The normalized spacial score (nSPS) is 16.3. The number of hydrogen-bond acceptors (Lipinski definition) is 6. The Labute approximate surface area is 162 Å². The highest BCUT2D eigenvalue weighted by Crippen LogP contribution is 2.39. The van der Waals surface area contributed by atoms with Gasteiger partial charge in [-0.15, -0.1) is 0 Å². The van der Waals surface area contributed by atoms with E-state index in [2.05, 4.69) is 5.32 Å². The Hall–Kier alpha value is -2.80. The van der Waals surface area contributed by atoms with E-state index in [0.29, 0.717) is 4.31 Å². The molecule has 3 rings (SSSR count). The van der Waals surface area contributed by atoms with Crippen molar-refractivity contribution in [2.45, 2.75) is 6.18 Å². The number of halogens is 4. The van der Waals surface area contributed by atoms with Gasteiger partial charge in [-0.25, -0.2) is 13.4 Å². The lowest BCUT2D eigenvalue weighted by Crippen LogP contribution is -2.31. The van der Waals surface area contributed by atoms with Crippen LogP contribution >= 0.6 is 0 Å². The first kappa shape index (κ1) is 20.9. The molecule has 0 aromatic heterocycles. The molecule has 0 atom stereocenters. The number of fused-ring (bicyclic) bond motifs is 1. The number of hydrogen-bond donors (Lipinski definition) is 3. The van der Waals surface area contributed by atoms with Crippen LogP contribution in [0.4, 0.5) is 23.2 Å². The molecule has 29 heavy (non-hydrogen) atoms. The van der Waals surface area contributed by atoms with Gasteiger partial charge in [0, 0.05) is 11.9 Å². The predicted octanol–water partition coefficient (Wildman–Crippen LogP) is 1.40. The zero-order chi connectivity index (χ0) is 21.4. The number of alkyl halides is 3. The van der Waals surface area contributed by atoms with Crippen molar-refractivity contribution in [1.29, 1.82) is 0 Å². The lowest BCUT2D eigenvalue weighted by molar-refractivity contribution is -0.124. The number of nitrogens with zero attached hydrogens (tertiary/aromatic N) is 1. The third-order valence-corrected chi connectivity index (χ3v) is 5.32. The van der Waals surface area contributed by atoms with Crippen LogP contribution in [0.15, 0.2) is 24.3 Å². The van der Waals surface area contributed by atoms with E-state index in [0.717, 1.165) is 6.07 Å². The van der Waals surface area contributed by atoms with E-state index in [1.54, 1.807) is 4.72 Å². The number of phenols is 1. The summed E-state index contributed by atoms with van der Waals surface area (Å²) >= 11 is 0. The number of amides is 1. The molecule has 0 aliphatic carbocycles. The first-order chi connectivity index (χ1) is 13.5. The number of rotatable bonds is 6. The van der Waals surface area contributed by atoms with Crippen LogP contribution in [0.1, 0.15) is 0 Å². The van der Waals surface area contributed by atoms with E-state index in [1.165, 1.54) is 18.2 Å². The van der Waals surface area contributed by atoms with E-state index in [-0.39, 0.29) is 29.7 Å². The molecule has 1 amide bonds. The predicted molar refractivity (Wildman–Crippen MR) is 94.4 cm³/mol. The van der Waals surface area contributed by atoms with Crippen LogP contribution in [-0.4, -0.2) is 51.8 Å². The number of ether oxygens (including phenoxy) is 1. The van der Waals surface area contributed by atoms with Gasteiger partial charge < -0.3 is 15.2 Å². The first-order valence-corrected chi connectivity index (χ1v) is 9.61. The van der Waals surface area contributed by atoms with Crippen LogP contribution in [0.25, 0.3) is 10.8 Å². The van der Waals surface area contributed by atoms with Gasteiger partial charge in [0.1, 0.15) is 30.3 Å². The van der Waals surface area contributed by atoms with Crippen molar-refractivity contribution in [2.24, 2.45) is 0 Å². The Balaban J connectivity index is 1.84. The Morgan fingerprint density at radius 3 is 2.62 bits per heavy atom. The lowest BCUT2D eigenvalue weighted by Gasteiger charge is -2.18. The first-order valence-electron chi connectivity index (χ1n) is 8.17. The summed E-state index contributed by atoms with van der Waals surface area (Å²) in [7, 11) is -4.34. The second-order valence-corrected chi connectivity index (χ2v) is 7.71. The molecule has 1 aliphatic heterocycles. The molecule has 0 saturated carbocycles. The van der Waals surface area contributed by atoms with Gasteiger partial charge in [0.15, 0.2) is 5.82 Å². The van der Waals surface area contributed by atoms with Crippen LogP contribution in [0.3, 0.4) is 0 Å². The van der Waals surface area contributed by atoms with Gasteiger partial charge in [0.2, 0.25) is 0 Å².